The van der Waals surface area contributed by atoms with Crippen molar-refractivity contribution >= 4 is 28.1 Å². The molecule has 192 valence electrons. The number of benzene rings is 2. The number of likely N-dealkylation sites (N-methyl/N-ethyl adjacent to an activating group) is 1. The third kappa shape index (κ3) is 7.89. The maximum Gasteiger partial charge on any atom is 0.326 e. The van der Waals surface area contributed by atoms with E-state index in [0.29, 0.717) is 0 Å². The smallest absolute Gasteiger partial charge is 0.326 e. The van der Waals surface area contributed by atoms with Gasteiger partial charge in [0.1, 0.15) is 0 Å². The summed E-state index contributed by atoms with van der Waals surface area (Å²) in [6.45, 7) is 10.9. The molecule has 0 amide bonds. The van der Waals surface area contributed by atoms with Crippen LogP contribution in [-0.2, 0) is 7.05 Å². The molecule has 0 unspecified atom stereocenters. The van der Waals surface area contributed by atoms with Gasteiger partial charge in [-0.3, -0.25) is 4.57 Å². The molecule has 4 rings (SSSR count). The lowest BCUT2D eigenvalue weighted by molar-refractivity contribution is 0.313. The van der Waals surface area contributed by atoms with Crippen molar-refractivity contribution in [1.82, 2.24) is 14.5 Å². The largest absolute Gasteiger partial charge is 0.367 e. The molecule has 0 bridgehead atoms. The highest BCUT2D eigenvalue weighted by Crippen LogP contribution is 2.33. The predicted octanol–water partition coefficient (Wildman–Crippen LogP) is 6.36. The van der Waals surface area contributed by atoms with E-state index in [-0.39, 0.29) is 5.69 Å². The van der Waals surface area contributed by atoms with E-state index in [2.05, 4.69) is 54.0 Å². The Bertz CT molecular complexity index is 1080. The number of hydrogen-bond donors (Lipinski definition) is 2. The number of imidazole rings is 1. The Kier molecular flexibility index (Phi) is 10.3. The lowest BCUT2D eigenvalue weighted by atomic mass is 10.0. The third-order valence-corrected chi connectivity index (χ3v) is 6.80. The molecule has 0 atom stereocenters. The van der Waals surface area contributed by atoms with Crippen LogP contribution >= 0.6 is 0 Å². The van der Waals surface area contributed by atoms with Crippen LogP contribution in [0.4, 0.5) is 17.1 Å². The molecule has 0 radical (unpaired) electrons. The summed E-state index contributed by atoms with van der Waals surface area (Å²) >= 11 is 0. The Morgan fingerprint density at radius 1 is 0.943 bits per heavy atom. The summed E-state index contributed by atoms with van der Waals surface area (Å²) in [4.78, 5) is 19.7. The minimum atomic E-state index is -0.0869. The molecule has 1 aliphatic heterocycles. The van der Waals surface area contributed by atoms with Crippen molar-refractivity contribution in [1.29, 1.82) is 0 Å². The van der Waals surface area contributed by atoms with Crippen molar-refractivity contribution in [3.8, 4) is 0 Å². The zero-order chi connectivity index (χ0) is 25.2. The van der Waals surface area contributed by atoms with Crippen molar-refractivity contribution in [3.63, 3.8) is 0 Å². The SMILES string of the molecule is CCCCCCCC(C)C.CN1CCN(c2cc3c(cc2Nc2ccccc2)[nH]c(=O)n3C)CC1. The molecule has 0 spiro atoms. The van der Waals surface area contributed by atoms with Gasteiger partial charge in [-0.25, -0.2) is 4.79 Å². The fraction of sp³-hybridized carbons (Fsp3) is 0.552. The molecule has 6 heteroatoms. The van der Waals surface area contributed by atoms with Crippen LogP contribution in [0.25, 0.3) is 11.0 Å². The van der Waals surface area contributed by atoms with E-state index in [9.17, 15) is 4.79 Å². The number of nitrogens with zero attached hydrogens (tertiary/aromatic N) is 3. The molecule has 1 aliphatic rings. The molecular weight excluding hydrogens is 434 g/mol. The van der Waals surface area contributed by atoms with Crippen molar-refractivity contribution < 1.29 is 0 Å². The Balaban J connectivity index is 0.000000292. The summed E-state index contributed by atoms with van der Waals surface area (Å²) < 4.78 is 1.67. The van der Waals surface area contributed by atoms with Gasteiger partial charge in [-0.05, 0) is 37.2 Å². The van der Waals surface area contributed by atoms with Crippen molar-refractivity contribution in [2.24, 2.45) is 13.0 Å². The monoisotopic (exact) mass is 479 g/mol. The normalized spacial score (nSPS) is 14.3. The van der Waals surface area contributed by atoms with E-state index in [0.717, 1.165) is 60.2 Å². The third-order valence-electron chi connectivity index (χ3n) is 6.80. The van der Waals surface area contributed by atoms with Gasteiger partial charge in [0.2, 0.25) is 0 Å². The number of anilines is 3. The predicted molar refractivity (Wildman–Crippen MR) is 151 cm³/mol. The highest BCUT2D eigenvalue weighted by molar-refractivity contribution is 5.90. The molecule has 0 saturated carbocycles. The van der Waals surface area contributed by atoms with Gasteiger partial charge < -0.3 is 20.1 Å². The number of aryl methyl sites for hydroxylation is 1. The Morgan fingerprint density at radius 3 is 2.29 bits per heavy atom. The summed E-state index contributed by atoms with van der Waals surface area (Å²) in [5, 5.41) is 3.52. The number of H-pyrrole nitrogens is 1. The molecule has 1 saturated heterocycles. The fourth-order valence-electron chi connectivity index (χ4n) is 4.51. The molecule has 2 heterocycles. The molecule has 6 nitrogen and oxygen atoms in total. The summed E-state index contributed by atoms with van der Waals surface area (Å²) in [7, 11) is 3.96. The minimum absolute atomic E-state index is 0.0869. The Morgan fingerprint density at radius 2 is 1.63 bits per heavy atom. The molecule has 1 aromatic heterocycles. The molecule has 35 heavy (non-hydrogen) atoms. The highest BCUT2D eigenvalue weighted by Gasteiger charge is 2.19. The van der Waals surface area contributed by atoms with E-state index in [1.54, 1.807) is 11.6 Å². The average molecular weight is 480 g/mol. The number of fused-ring (bicyclic) bond motifs is 1. The Labute approximate surface area is 211 Å². The quantitative estimate of drug-likeness (QED) is 0.350. The van der Waals surface area contributed by atoms with E-state index < -0.39 is 0 Å². The van der Waals surface area contributed by atoms with E-state index in [1.807, 2.05) is 36.4 Å². The second-order valence-corrected chi connectivity index (χ2v) is 10.3. The van der Waals surface area contributed by atoms with Crippen LogP contribution in [0.2, 0.25) is 0 Å². The van der Waals surface area contributed by atoms with Crippen LogP contribution in [0.3, 0.4) is 0 Å². The van der Waals surface area contributed by atoms with Gasteiger partial charge in [0, 0.05) is 38.9 Å². The van der Waals surface area contributed by atoms with Gasteiger partial charge in [0.05, 0.1) is 22.4 Å². The summed E-state index contributed by atoms with van der Waals surface area (Å²) in [6.07, 6.45) is 8.55. The highest BCUT2D eigenvalue weighted by atomic mass is 16.1. The van der Waals surface area contributed by atoms with Crippen molar-refractivity contribution in [3.05, 3.63) is 52.9 Å². The van der Waals surface area contributed by atoms with Gasteiger partial charge in [-0.15, -0.1) is 0 Å². The summed E-state index contributed by atoms with van der Waals surface area (Å²) in [6, 6.07) is 14.3. The maximum atomic E-state index is 12.0. The molecule has 2 aromatic carbocycles. The van der Waals surface area contributed by atoms with Crippen LogP contribution in [0, 0.1) is 5.92 Å². The number of para-hydroxylation sites is 1. The van der Waals surface area contributed by atoms with Crippen LogP contribution in [0.5, 0.6) is 0 Å². The van der Waals surface area contributed by atoms with Gasteiger partial charge in [0.15, 0.2) is 0 Å². The fourth-order valence-corrected chi connectivity index (χ4v) is 4.51. The van der Waals surface area contributed by atoms with Crippen LogP contribution in [0.15, 0.2) is 47.3 Å². The van der Waals surface area contributed by atoms with Gasteiger partial charge in [0.25, 0.3) is 0 Å². The molecule has 0 aliphatic carbocycles. The lowest BCUT2D eigenvalue weighted by Gasteiger charge is -2.35. The number of aromatic amines is 1. The van der Waals surface area contributed by atoms with Gasteiger partial charge >= 0.3 is 5.69 Å². The van der Waals surface area contributed by atoms with Crippen molar-refractivity contribution in [2.75, 3.05) is 43.4 Å². The first-order valence-electron chi connectivity index (χ1n) is 13.4. The zero-order valence-corrected chi connectivity index (χ0v) is 22.4. The first kappa shape index (κ1) is 26.9. The maximum absolute atomic E-state index is 12.0. The molecular formula is C29H45N5O. The second kappa shape index (κ2) is 13.4. The molecule has 3 aromatic rings. The average Bonchev–Trinajstić information content (AvgIpc) is 3.12. The van der Waals surface area contributed by atoms with Crippen molar-refractivity contribution in [2.45, 2.75) is 59.3 Å². The first-order chi connectivity index (χ1) is 16.9. The van der Waals surface area contributed by atoms with Crippen LogP contribution in [0.1, 0.15) is 59.3 Å². The number of rotatable bonds is 9. The van der Waals surface area contributed by atoms with Gasteiger partial charge in [-0.2, -0.15) is 0 Å². The van der Waals surface area contributed by atoms with E-state index in [4.69, 9.17) is 0 Å². The standard InChI is InChI=1S/C19H23N5O.C10H22/c1-22-8-10-24(11-9-22)18-13-17-15(21-19(25)23(17)2)12-16(18)20-14-6-4-3-5-7-14;1-4-5-6-7-8-9-10(2)3/h3-7,12-13,20H,8-11H2,1-2H3,(H,21,25);10H,4-9H2,1-3H3. The van der Waals surface area contributed by atoms with E-state index >= 15 is 0 Å². The number of nitrogens with one attached hydrogen (secondary N) is 2. The number of aromatic nitrogens is 2. The topological polar surface area (TPSA) is 56.3 Å². The summed E-state index contributed by atoms with van der Waals surface area (Å²) in [5.41, 5.74) is 4.89. The van der Waals surface area contributed by atoms with Crippen LogP contribution in [-0.4, -0.2) is 47.7 Å². The second-order valence-electron chi connectivity index (χ2n) is 10.3. The lowest BCUT2D eigenvalue weighted by Crippen LogP contribution is -2.44. The Hall–Kier alpha value is -2.73. The number of piperazine rings is 1. The van der Waals surface area contributed by atoms with Crippen LogP contribution < -0.4 is 15.9 Å². The number of unbranched alkanes of at least 4 members (excludes halogenated alkanes) is 4. The molecule has 1 fully saturated rings. The zero-order valence-electron chi connectivity index (χ0n) is 22.4. The minimum Gasteiger partial charge on any atom is -0.367 e. The van der Waals surface area contributed by atoms with E-state index in [1.165, 1.54) is 38.5 Å². The van der Waals surface area contributed by atoms with Gasteiger partial charge in [-0.1, -0.05) is 77.5 Å². The molecule has 2 N–H and O–H groups in total. The number of hydrogen-bond acceptors (Lipinski definition) is 4. The summed E-state index contributed by atoms with van der Waals surface area (Å²) in [5.74, 6) is 0.904. The first-order valence-corrected chi connectivity index (χ1v) is 13.4.